The molecular formula is C27H31NO5. The lowest BCUT2D eigenvalue weighted by Crippen LogP contribution is -2.15. The molecule has 174 valence electrons. The molecule has 1 amide bonds. The smallest absolute Gasteiger partial charge is 0.374 e. The van der Waals surface area contributed by atoms with Crippen molar-refractivity contribution in [2.45, 2.75) is 52.9 Å². The molecular weight excluding hydrogens is 418 g/mol. The molecule has 0 bridgehead atoms. The molecule has 2 aromatic carbocycles. The zero-order chi connectivity index (χ0) is 23.8. The van der Waals surface area contributed by atoms with Gasteiger partial charge in [-0.15, -0.1) is 0 Å². The van der Waals surface area contributed by atoms with Crippen LogP contribution in [0.1, 0.15) is 72.9 Å². The third-order valence-electron chi connectivity index (χ3n) is 5.29. The maximum absolute atomic E-state index is 12.8. The zero-order valence-corrected chi connectivity index (χ0v) is 19.5. The molecule has 3 rings (SSSR count). The van der Waals surface area contributed by atoms with Crippen molar-refractivity contribution in [2.24, 2.45) is 5.92 Å². The highest BCUT2D eigenvalue weighted by atomic mass is 16.5. The van der Waals surface area contributed by atoms with E-state index in [-0.39, 0.29) is 40.6 Å². The van der Waals surface area contributed by atoms with E-state index in [1.165, 1.54) is 24.8 Å². The Morgan fingerprint density at radius 3 is 2.48 bits per heavy atom. The number of carbonyl (C=O) groups is 2. The summed E-state index contributed by atoms with van der Waals surface area (Å²) in [4.78, 5) is 37.7. The number of fused-ring (bicyclic) bond motifs is 1. The number of ether oxygens (including phenoxy) is 1. The standard InChI is InChI=1S/C27H31NO5/c1-4-5-6-7-9-19-12-14-20(15-13-19)26(30)28-22-11-8-10-21-23(29)16-24(33-25(21)22)27(31)32-17-18(2)3/h8,10-16,18H,4-7,9,17H2,1-3H3,(H,28,30). The molecule has 33 heavy (non-hydrogen) atoms. The Labute approximate surface area is 194 Å². The SMILES string of the molecule is CCCCCCc1ccc(C(=O)Nc2cccc3c(=O)cc(C(=O)OCC(C)C)oc23)cc1. The Kier molecular flexibility index (Phi) is 8.41. The fraction of sp³-hybridized carbons (Fsp3) is 0.370. The number of anilines is 1. The summed E-state index contributed by atoms with van der Waals surface area (Å²) < 4.78 is 10.9. The lowest BCUT2D eigenvalue weighted by molar-refractivity contribution is 0.0423. The van der Waals surface area contributed by atoms with E-state index in [0.717, 1.165) is 18.9 Å². The summed E-state index contributed by atoms with van der Waals surface area (Å²) in [7, 11) is 0. The van der Waals surface area contributed by atoms with Crippen LogP contribution >= 0.6 is 0 Å². The largest absolute Gasteiger partial charge is 0.460 e. The van der Waals surface area contributed by atoms with Crippen LogP contribution < -0.4 is 10.7 Å². The summed E-state index contributed by atoms with van der Waals surface area (Å²) in [6.07, 6.45) is 5.77. The van der Waals surface area contributed by atoms with Crippen molar-refractivity contribution in [3.63, 3.8) is 0 Å². The molecule has 0 unspecified atom stereocenters. The second-order valence-corrected chi connectivity index (χ2v) is 8.61. The van der Waals surface area contributed by atoms with E-state index in [2.05, 4.69) is 12.2 Å². The van der Waals surface area contributed by atoms with Crippen molar-refractivity contribution in [1.29, 1.82) is 0 Å². The molecule has 1 heterocycles. The fourth-order valence-corrected chi connectivity index (χ4v) is 3.46. The average molecular weight is 450 g/mol. The predicted octanol–water partition coefficient (Wildman–Crippen LogP) is 5.98. The van der Waals surface area contributed by atoms with E-state index in [9.17, 15) is 14.4 Å². The Morgan fingerprint density at radius 2 is 1.79 bits per heavy atom. The lowest BCUT2D eigenvalue weighted by Gasteiger charge is -2.10. The Hall–Kier alpha value is -3.41. The lowest BCUT2D eigenvalue weighted by atomic mass is 10.0. The van der Waals surface area contributed by atoms with Gasteiger partial charge in [0.1, 0.15) is 0 Å². The number of rotatable bonds is 10. The predicted molar refractivity (Wildman–Crippen MR) is 130 cm³/mol. The summed E-state index contributed by atoms with van der Waals surface area (Å²) in [6, 6.07) is 13.5. The molecule has 6 nitrogen and oxygen atoms in total. The molecule has 0 aliphatic rings. The minimum Gasteiger partial charge on any atom is -0.460 e. The molecule has 0 atom stereocenters. The zero-order valence-electron chi connectivity index (χ0n) is 19.5. The van der Waals surface area contributed by atoms with Crippen LogP contribution in [0.25, 0.3) is 11.0 Å². The van der Waals surface area contributed by atoms with Gasteiger partial charge < -0.3 is 14.5 Å². The van der Waals surface area contributed by atoms with Crippen LogP contribution in [0, 0.1) is 5.92 Å². The van der Waals surface area contributed by atoms with Gasteiger partial charge in [-0.05, 0) is 48.6 Å². The Balaban J connectivity index is 1.78. The number of unbranched alkanes of at least 4 members (excludes halogenated alkanes) is 3. The van der Waals surface area contributed by atoms with E-state index in [1.807, 2.05) is 26.0 Å². The van der Waals surface area contributed by atoms with Crippen molar-refractivity contribution in [1.82, 2.24) is 0 Å². The van der Waals surface area contributed by atoms with Crippen molar-refractivity contribution in [3.8, 4) is 0 Å². The van der Waals surface area contributed by atoms with Gasteiger partial charge in [-0.25, -0.2) is 4.79 Å². The van der Waals surface area contributed by atoms with Crippen molar-refractivity contribution < 1.29 is 18.7 Å². The van der Waals surface area contributed by atoms with Gasteiger partial charge in [-0.3, -0.25) is 9.59 Å². The second-order valence-electron chi connectivity index (χ2n) is 8.61. The molecule has 0 saturated heterocycles. The first-order chi connectivity index (χ1) is 15.9. The first kappa shape index (κ1) is 24.2. The number of carbonyl (C=O) groups excluding carboxylic acids is 2. The number of aryl methyl sites for hydroxylation is 1. The van der Waals surface area contributed by atoms with E-state index < -0.39 is 5.97 Å². The summed E-state index contributed by atoms with van der Waals surface area (Å²) in [5.74, 6) is -1.07. The number of para-hydroxylation sites is 1. The maximum atomic E-state index is 12.8. The summed E-state index contributed by atoms with van der Waals surface area (Å²) in [5.41, 5.74) is 1.78. The summed E-state index contributed by atoms with van der Waals surface area (Å²) in [6.45, 7) is 6.23. The highest BCUT2D eigenvalue weighted by molar-refractivity contribution is 6.08. The van der Waals surface area contributed by atoms with E-state index >= 15 is 0 Å². The minimum absolute atomic E-state index is 0.141. The van der Waals surface area contributed by atoms with Gasteiger partial charge in [-0.2, -0.15) is 0 Å². The molecule has 0 spiro atoms. The van der Waals surface area contributed by atoms with E-state index in [1.54, 1.807) is 30.3 Å². The van der Waals surface area contributed by atoms with Crippen LogP contribution in [0.4, 0.5) is 5.69 Å². The third kappa shape index (κ3) is 6.54. The highest BCUT2D eigenvalue weighted by Gasteiger charge is 2.17. The van der Waals surface area contributed by atoms with Crippen LogP contribution in [-0.4, -0.2) is 18.5 Å². The number of hydrogen-bond acceptors (Lipinski definition) is 5. The van der Waals surface area contributed by atoms with Gasteiger partial charge >= 0.3 is 5.97 Å². The van der Waals surface area contributed by atoms with Gasteiger partial charge in [0.05, 0.1) is 17.7 Å². The van der Waals surface area contributed by atoms with Crippen LogP contribution in [0.2, 0.25) is 0 Å². The average Bonchev–Trinajstić information content (AvgIpc) is 2.81. The van der Waals surface area contributed by atoms with Gasteiger partial charge in [0.2, 0.25) is 5.76 Å². The van der Waals surface area contributed by atoms with Crippen LogP contribution in [-0.2, 0) is 11.2 Å². The van der Waals surface area contributed by atoms with Crippen LogP contribution in [0.3, 0.4) is 0 Å². The topological polar surface area (TPSA) is 85.6 Å². The van der Waals surface area contributed by atoms with Crippen molar-refractivity contribution in [3.05, 3.63) is 75.6 Å². The van der Waals surface area contributed by atoms with Crippen LogP contribution in [0.5, 0.6) is 0 Å². The number of amides is 1. The van der Waals surface area contributed by atoms with Gasteiger partial charge in [0, 0.05) is 11.6 Å². The van der Waals surface area contributed by atoms with Gasteiger partial charge in [-0.1, -0.05) is 58.2 Å². The quantitative estimate of drug-likeness (QED) is 0.304. The monoisotopic (exact) mass is 449 g/mol. The molecule has 6 heteroatoms. The molecule has 1 N–H and O–H groups in total. The molecule has 0 radical (unpaired) electrons. The molecule has 0 aliphatic heterocycles. The van der Waals surface area contributed by atoms with Gasteiger partial charge in [0.15, 0.2) is 11.0 Å². The first-order valence-electron chi connectivity index (χ1n) is 11.5. The highest BCUT2D eigenvalue weighted by Crippen LogP contribution is 2.23. The normalized spacial score (nSPS) is 11.0. The van der Waals surface area contributed by atoms with E-state index in [4.69, 9.17) is 9.15 Å². The molecule has 1 aromatic heterocycles. The van der Waals surface area contributed by atoms with E-state index in [0.29, 0.717) is 11.3 Å². The van der Waals surface area contributed by atoms with Crippen LogP contribution in [0.15, 0.2) is 57.7 Å². The number of benzene rings is 2. The molecule has 3 aromatic rings. The molecule has 0 aliphatic carbocycles. The maximum Gasteiger partial charge on any atom is 0.374 e. The second kappa shape index (κ2) is 11.5. The number of hydrogen-bond donors (Lipinski definition) is 1. The number of esters is 1. The van der Waals surface area contributed by atoms with Crippen molar-refractivity contribution >= 4 is 28.5 Å². The minimum atomic E-state index is -0.710. The number of nitrogens with one attached hydrogen (secondary N) is 1. The Morgan fingerprint density at radius 1 is 1.03 bits per heavy atom. The summed E-state index contributed by atoms with van der Waals surface area (Å²) >= 11 is 0. The van der Waals surface area contributed by atoms with Crippen molar-refractivity contribution in [2.75, 3.05) is 11.9 Å². The third-order valence-corrected chi connectivity index (χ3v) is 5.29. The molecule has 0 fully saturated rings. The Bertz CT molecular complexity index is 1160. The molecule has 0 saturated carbocycles. The summed E-state index contributed by atoms with van der Waals surface area (Å²) in [5, 5.41) is 3.07. The first-order valence-corrected chi connectivity index (χ1v) is 11.5. The van der Waals surface area contributed by atoms with Gasteiger partial charge in [0.25, 0.3) is 5.91 Å². The fourth-order valence-electron chi connectivity index (χ4n) is 3.46.